The Hall–Kier alpha value is -1.69. The largest absolute Gasteiger partial charge is 0.379 e. The fourth-order valence-electron chi connectivity index (χ4n) is 2.53. The van der Waals surface area contributed by atoms with Crippen LogP contribution < -0.4 is 5.43 Å². The monoisotopic (exact) mass is 386 g/mol. The minimum Gasteiger partial charge on any atom is -0.379 e. The fourth-order valence-corrected chi connectivity index (χ4v) is 4.93. The third kappa shape index (κ3) is 4.11. The highest BCUT2D eigenvalue weighted by Crippen LogP contribution is 2.29. The number of benzene rings is 1. The average molecular weight is 386 g/mol. The van der Waals surface area contributed by atoms with Crippen LogP contribution in [0.15, 0.2) is 28.2 Å². The number of morpholine rings is 1. The van der Waals surface area contributed by atoms with E-state index in [9.17, 15) is 18.5 Å². The number of hydrogen-bond donors (Lipinski definition) is 1. The Morgan fingerprint density at radius 3 is 2.72 bits per heavy atom. The molecule has 2 aliphatic heterocycles. The number of nitro benzene ring substituents is 1. The molecule has 3 rings (SSSR count). The lowest BCUT2D eigenvalue weighted by Crippen LogP contribution is -2.40. The predicted octanol–water partition coefficient (Wildman–Crippen LogP) is 1.52. The van der Waals surface area contributed by atoms with Gasteiger partial charge in [-0.1, -0.05) is 0 Å². The number of anilines is 1. The van der Waals surface area contributed by atoms with Gasteiger partial charge in [-0.15, -0.1) is 0 Å². The van der Waals surface area contributed by atoms with Gasteiger partial charge in [0.05, 0.1) is 23.0 Å². The van der Waals surface area contributed by atoms with E-state index in [1.54, 1.807) is 11.8 Å². The van der Waals surface area contributed by atoms with Crippen molar-refractivity contribution in [3.05, 3.63) is 28.3 Å². The van der Waals surface area contributed by atoms with E-state index in [2.05, 4.69) is 10.5 Å². The van der Waals surface area contributed by atoms with Gasteiger partial charge in [0.1, 0.15) is 5.69 Å². The lowest BCUT2D eigenvalue weighted by atomic mass is 10.3. The van der Waals surface area contributed by atoms with Gasteiger partial charge in [0.25, 0.3) is 5.69 Å². The van der Waals surface area contributed by atoms with Crippen molar-refractivity contribution in [3.63, 3.8) is 0 Å². The number of rotatable bonds is 5. The van der Waals surface area contributed by atoms with Crippen molar-refractivity contribution in [2.45, 2.75) is 11.3 Å². The van der Waals surface area contributed by atoms with Crippen LogP contribution in [-0.4, -0.2) is 61.2 Å². The maximum atomic E-state index is 12.6. The molecule has 0 saturated carbocycles. The second-order valence-electron chi connectivity index (χ2n) is 5.54. The Kier molecular flexibility index (Phi) is 5.57. The quantitative estimate of drug-likeness (QED) is 0.603. The van der Waals surface area contributed by atoms with Crippen molar-refractivity contribution in [1.82, 2.24) is 4.31 Å². The molecule has 0 aromatic heterocycles. The van der Waals surface area contributed by atoms with Gasteiger partial charge in [0.2, 0.25) is 10.0 Å². The lowest BCUT2D eigenvalue weighted by Gasteiger charge is -2.26. The van der Waals surface area contributed by atoms with Crippen LogP contribution in [0.4, 0.5) is 11.4 Å². The summed E-state index contributed by atoms with van der Waals surface area (Å²) < 4.78 is 31.7. The number of nitrogens with zero attached hydrogens (tertiary/aromatic N) is 3. The first-order valence-electron chi connectivity index (χ1n) is 7.74. The number of nitrogens with one attached hydrogen (secondary N) is 1. The molecule has 1 aromatic rings. The Morgan fingerprint density at radius 1 is 1.32 bits per heavy atom. The van der Waals surface area contributed by atoms with Crippen LogP contribution in [0.2, 0.25) is 0 Å². The summed E-state index contributed by atoms with van der Waals surface area (Å²) in [6.45, 7) is 1.11. The number of ether oxygens (including phenoxy) is 1. The Morgan fingerprint density at radius 2 is 2.08 bits per heavy atom. The first kappa shape index (κ1) is 18.1. The van der Waals surface area contributed by atoms with Crippen molar-refractivity contribution in [2.24, 2.45) is 5.10 Å². The van der Waals surface area contributed by atoms with Crippen molar-refractivity contribution in [1.29, 1.82) is 0 Å². The maximum absolute atomic E-state index is 12.6. The van der Waals surface area contributed by atoms with Crippen LogP contribution in [0.5, 0.6) is 0 Å². The van der Waals surface area contributed by atoms with E-state index in [1.807, 2.05) is 0 Å². The van der Waals surface area contributed by atoms with Crippen LogP contribution in [-0.2, 0) is 14.8 Å². The van der Waals surface area contributed by atoms with E-state index >= 15 is 0 Å². The molecule has 0 amide bonds. The van der Waals surface area contributed by atoms with Crippen molar-refractivity contribution in [2.75, 3.05) is 43.2 Å². The van der Waals surface area contributed by atoms with Crippen molar-refractivity contribution in [3.8, 4) is 0 Å². The van der Waals surface area contributed by atoms with Gasteiger partial charge in [0, 0.05) is 30.6 Å². The zero-order chi connectivity index (χ0) is 17.9. The number of hydrazone groups is 1. The third-order valence-corrected chi connectivity index (χ3v) is 6.84. The summed E-state index contributed by atoms with van der Waals surface area (Å²) in [6.07, 6.45) is 0.842. The van der Waals surface area contributed by atoms with Crippen molar-refractivity contribution >= 4 is 38.9 Å². The smallest absolute Gasteiger partial charge is 0.295 e. The minimum absolute atomic E-state index is 0.101. The Labute approximate surface area is 149 Å². The van der Waals surface area contributed by atoms with E-state index in [0.29, 0.717) is 13.2 Å². The number of sulfonamides is 1. The van der Waals surface area contributed by atoms with Gasteiger partial charge >= 0.3 is 0 Å². The van der Waals surface area contributed by atoms with Gasteiger partial charge in [-0.05, 0) is 24.3 Å². The third-order valence-electron chi connectivity index (χ3n) is 3.91. The number of thioether (sulfide) groups is 1. The predicted molar refractivity (Wildman–Crippen MR) is 95.7 cm³/mol. The molecule has 25 heavy (non-hydrogen) atoms. The second kappa shape index (κ2) is 7.68. The normalized spacial score (nSPS) is 20.7. The second-order valence-corrected chi connectivity index (χ2v) is 8.59. The molecule has 0 aliphatic carbocycles. The molecular formula is C14H18N4O5S2. The molecule has 0 atom stereocenters. The van der Waals surface area contributed by atoms with E-state index in [0.717, 1.165) is 29.7 Å². The zero-order valence-electron chi connectivity index (χ0n) is 13.4. The van der Waals surface area contributed by atoms with Gasteiger partial charge in [-0.3, -0.25) is 15.5 Å². The Balaban J connectivity index is 1.88. The zero-order valence-corrected chi connectivity index (χ0v) is 15.0. The molecule has 1 N–H and O–H groups in total. The summed E-state index contributed by atoms with van der Waals surface area (Å²) in [4.78, 5) is 10.6. The summed E-state index contributed by atoms with van der Waals surface area (Å²) >= 11 is 1.75. The first-order valence-corrected chi connectivity index (χ1v) is 10.3. The van der Waals surface area contributed by atoms with Crippen LogP contribution in [0.25, 0.3) is 0 Å². The summed E-state index contributed by atoms with van der Waals surface area (Å²) in [5, 5.41) is 15.5. The fraction of sp³-hybridized carbons (Fsp3) is 0.500. The molecule has 2 heterocycles. The standard InChI is InChI=1S/C14H18N4O5S2/c19-18(20)14-9-12(25(21,22)17-4-6-23-7-5-17)1-2-13(14)16-15-11-3-8-24-10-11/h1-2,9,16H,3-8,10H2/b15-11+. The van der Waals surface area contributed by atoms with Gasteiger partial charge < -0.3 is 4.74 Å². The van der Waals surface area contributed by atoms with Crippen molar-refractivity contribution < 1.29 is 18.1 Å². The van der Waals surface area contributed by atoms with Gasteiger partial charge in [-0.2, -0.15) is 21.2 Å². The van der Waals surface area contributed by atoms with E-state index in [4.69, 9.17) is 4.74 Å². The Bertz CT molecular complexity index is 782. The van der Waals surface area contributed by atoms with E-state index in [1.165, 1.54) is 16.4 Å². The minimum atomic E-state index is -3.78. The number of nitro groups is 1. The molecule has 11 heteroatoms. The van der Waals surface area contributed by atoms with Crippen LogP contribution in [0, 0.1) is 10.1 Å². The highest BCUT2D eigenvalue weighted by Gasteiger charge is 2.28. The highest BCUT2D eigenvalue weighted by molar-refractivity contribution is 8.00. The van der Waals surface area contributed by atoms with Crippen LogP contribution in [0.1, 0.15) is 6.42 Å². The molecule has 0 radical (unpaired) electrons. The summed E-state index contributed by atoms with van der Waals surface area (Å²) in [6, 6.07) is 3.83. The summed E-state index contributed by atoms with van der Waals surface area (Å²) in [7, 11) is -3.78. The topological polar surface area (TPSA) is 114 Å². The molecule has 0 spiro atoms. The highest BCUT2D eigenvalue weighted by atomic mass is 32.2. The van der Waals surface area contributed by atoms with Gasteiger partial charge in [-0.25, -0.2) is 8.42 Å². The molecule has 136 valence electrons. The maximum Gasteiger partial charge on any atom is 0.295 e. The van der Waals surface area contributed by atoms with Crippen LogP contribution in [0.3, 0.4) is 0 Å². The first-order chi connectivity index (χ1) is 12.0. The average Bonchev–Trinajstić information content (AvgIpc) is 3.14. The summed E-state index contributed by atoms with van der Waals surface area (Å²) in [5.41, 5.74) is 3.49. The molecule has 0 bridgehead atoms. The SMILES string of the molecule is O=[N+]([O-])c1cc(S(=O)(=O)N2CCOCC2)ccc1N/N=C1\CCSC1. The van der Waals surface area contributed by atoms with Gasteiger partial charge in [0.15, 0.2) is 0 Å². The molecule has 9 nitrogen and oxygen atoms in total. The lowest BCUT2D eigenvalue weighted by molar-refractivity contribution is -0.384. The molecule has 2 fully saturated rings. The number of hydrogen-bond acceptors (Lipinski definition) is 8. The van der Waals surface area contributed by atoms with E-state index < -0.39 is 14.9 Å². The molecule has 2 aliphatic rings. The molecule has 1 aromatic carbocycles. The molecular weight excluding hydrogens is 368 g/mol. The summed E-state index contributed by atoms with van der Waals surface area (Å²) in [5.74, 6) is 1.78. The molecule has 0 unspecified atom stereocenters. The molecule has 2 saturated heterocycles. The van der Waals surface area contributed by atoms with Crippen LogP contribution >= 0.6 is 11.8 Å². The van der Waals surface area contributed by atoms with E-state index in [-0.39, 0.29) is 29.4 Å².